The Kier molecular flexibility index (Phi) is 5.07. The zero-order valence-corrected chi connectivity index (χ0v) is 11.8. The second-order valence-corrected chi connectivity index (χ2v) is 4.49. The molecule has 0 bridgehead atoms. The molecule has 0 radical (unpaired) electrons. The van der Waals surface area contributed by atoms with Gasteiger partial charge in [0.15, 0.2) is 0 Å². The minimum Gasteiger partial charge on any atom is -0.383 e. The Balaban J connectivity index is 2.08. The highest BCUT2D eigenvalue weighted by molar-refractivity contribution is 6.32. The largest absolute Gasteiger partial charge is 0.383 e. The maximum Gasteiger partial charge on any atom is 0.252 e. The van der Waals surface area contributed by atoms with Gasteiger partial charge in [-0.1, -0.05) is 17.7 Å². The van der Waals surface area contributed by atoms with E-state index in [-0.39, 0.29) is 5.82 Å². The Morgan fingerprint density at radius 1 is 1.50 bits per heavy atom. The first kappa shape index (κ1) is 14.5. The summed E-state index contributed by atoms with van der Waals surface area (Å²) in [6.45, 7) is 2.16. The van der Waals surface area contributed by atoms with Crippen molar-refractivity contribution >= 4 is 11.6 Å². The van der Waals surface area contributed by atoms with E-state index < -0.39 is 0 Å². The van der Waals surface area contributed by atoms with E-state index in [2.05, 4.69) is 15.4 Å². The van der Waals surface area contributed by atoms with Crippen LogP contribution in [-0.4, -0.2) is 35.0 Å². The predicted molar refractivity (Wildman–Crippen MR) is 74.7 cm³/mol. The minimum absolute atomic E-state index is 0.117. The quantitative estimate of drug-likeness (QED) is 0.817. The molecule has 0 aliphatic rings. The molecule has 0 aliphatic heterocycles. The van der Waals surface area contributed by atoms with Crippen molar-refractivity contribution in [3.8, 4) is 11.8 Å². The maximum atomic E-state index is 8.71. The van der Waals surface area contributed by atoms with Gasteiger partial charge in [-0.25, -0.2) is 9.67 Å². The molecule has 104 valence electrons. The normalized spacial score (nSPS) is 10.4. The van der Waals surface area contributed by atoms with Gasteiger partial charge in [0.25, 0.3) is 5.82 Å². The fraction of sp³-hybridized carbons (Fsp3) is 0.308. The summed E-state index contributed by atoms with van der Waals surface area (Å²) in [6.07, 6.45) is 1.47. The van der Waals surface area contributed by atoms with Crippen LogP contribution in [0, 0.1) is 11.3 Å². The Morgan fingerprint density at radius 3 is 3.00 bits per heavy atom. The smallest absolute Gasteiger partial charge is 0.252 e. The zero-order valence-electron chi connectivity index (χ0n) is 11.0. The molecule has 1 N–H and O–H groups in total. The molecule has 1 heterocycles. The van der Waals surface area contributed by atoms with E-state index in [0.717, 1.165) is 12.1 Å². The molecule has 7 heteroatoms. The van der Waals surface area contributed by atoms with Crippen molar-refractivity contribution in [3.05, 3.63) is 40.9 Å². The van der Waals surface area contributed by atoms with E-state index in [9.17, 15) is 0 Å². The number of nitriles is 1. The molecule has 0 saturated carbocycles. The fourth-order valence-corrected chi connectivity index (χ4v) is 1.97. The number of halogens is 1. The molecule has 20 heavy (non-hydrogen) atoms. The van der Waals surface area contributed by atoms with Gasteiger partial charge in [-0.15, -0.1) is 5.10 Å². The van der Waals surface area contributed by atoms with Gasteiger partial charge in [0.05, 0.1) is 17.3 Å². The highest BCUT2D eigenvalue weighted by Crippen LogP contribution is 2.21. The van der Waals surface area contributed by atoms with Crippen LogP contribution >= 0.6 is 11.6 Å². The summed E-state index contributed by atoms with van der Waals surface area (Å²) in [7, 11) is 1.67. The topological polar surface area (TPSA) is 75.8 Å². The fourth-order valence-electron chi connectivity index (χ4n) is 1.68. The third kappa shape index (κ3) is 3.54. The van der Waals surface area contributed by atoms with Gasteiger partial charge < -0.3 is 10.1 Å². The second-order valence-electron chi connectivity index (χ2n) is 4.08. The van der Waals surface area contributed by atoms with E-state index in [1.165, 1.54) is 11.0 Å². The zero-order chi connectivity index (χ0) is 14.4. The number of hydrogen-bond acceptors (Lipinski definition) is 5. The number of ether oxygens (including phenoxy) is 1. The van der Waals surface area contributed by atoms with Gasteiger partial charge >= 0.3 is 0 Å². The average molecular weight is 292 g/mol. The van der Waals surface area contributed by atoms with Crippen LogP contribution in [0.1, 0.15) is 11.4 Å². The lowest BCUT2D eigenvalue weighted by Gasteiger charge is -2.08. The van der Waals surface area contributed by atoms with E-state index in [1.807, 2.05) is 24.3 Å². The van der Waals surface area contributed by atoms with Crippen molar-refractivity contribution in [1.82, 2.24) is 20.1 Å². The van der Waals surface area contributed by atoms with E-state index >= 15 is 0 Å². The average Bonchev–Trinajstić information content (AvgIpc) is 2.92. The molecule has 0 saturated heterocycles. The highest BCUT2D eigenvalue weighted by atomic mass is 35.5. The van der Waals surface area contributed by atoms with Gasteiger partial charge in [-0.05, 0) is 17.7 Å². The van der Waals surface area contributed by atoms with Crippen LogP contribution in [0.4, 0.5) is 0 Å². The summed E-state index contributed by atoms with van der Waals surface area (Å²) in [5.74, 6) is 0.117. The van der Waals surface area contributed by atoms with Crippen LogP contribution in [0.2, 0.25) is 5.02 Å². The van der Waals surface area contributed by atoms with E-state index in [4.69, 9.17) is 21.6 Å². The minimum atomic E-state index is 0.117. The van der Waals surface area contributed by atoms with Crippen molar-refractivity contribution in [3.63, 3.8) is 0 Å². The molecule has 0 unspecified atom stereocenters. The predicted octanol–water partition coefficient (Wildman–Crippen LogP) is 1.53. The van der Waals surface area contributed by atoms with E-state index in [0.29, 0.717) is 23.9 Å². The number of aromatic nitrogens is 3. The van der Waals surface area contributed by atoms with Crippen LogP contribution < -0.4 is 5.32 Å². The molecule has 0 amide bonds. The number of nitrogens with one attached hydrogen (secondary N) is 1. The maximum absolute atomic E-state index is 8.71. The van der Waals surface area contributed by atoms with Crippen molar-refractivity contribution < 1.29 is 4.74 Å². The van der Waals surface area contributed by atoms with E-state index in [1.54, 1.807) is 7.11 Å². The molecule has 2 rings (SSSR count). The van der Waals surface area contributed by atoms with Gasteiger partial charge in [0.2, 0.25) is 0 Å². The van der Waals surface area contributed by atoms with Crippen LogP contribution in [-0.2, 0) is 11.3 Å². The summed E-state index contributed by atoms with van der Waals surface area (Å²) in [5, 5.41) is 16.5. The second kappa shape index (κ2) is 7.01. The SMILES string of the molecule is COCCNCc1ccc(-n2cnc(C#N)n2)c(Cl)c1. The number of benzene rings is 1. The summed E-state index contributed by atoms with van der Waals surface area (Å²) in [4.78, 5) is 3.85. The Hall–Kier alpha value is -1.94. The van der Waals surface area contributed by atoms with Crippen LogP contribution in [0.25, 0.3) is 5.69 Å². The highest BCUT2D eigenvalue weighted by Gasteiger charge is 2.07. The van der Waals surface area contributed by atoms with Gasteiger partial charge in [0, 0.05) is 20.2 Å². The Labute approximate surface area is 121 Å². The standard InChI is InChI=1S/C13H14ClN5O/c1-20-5-4-16-8-10-2-3-12(11(14)6-10)19-9-17-13(7-15)18-19/h2-3,6,9,16H,4-5,8H2,1H3. The summed E-state index contributed by atoms with van der Waals surface area (Å²) in [6, 6.07) is 7.55. The lowest BCUT2D eigenvalue weighted by Crippen LogP contribution is -2.18. The number of rotatable bonds is 6. The Bertz CT molecular complexity index is 619. The van der Waals surface area contributed by atoms with Crippen molar-refractivity contribution in [1.29, 1.82) is 5.26 Å². The van der Waals surface area contributed by atoms with Crippen molar-refractivity contribution in [2.75, 3.05) is 20.3 Å². The van der Waals surface area contributed by atoms with Gasteiger partial charge in [0.1, 0.15) is 12.4 Å². The lowest BCUT2D eigenvalue weighted by molar-refractivity contribution is 0.199. The monoisotopic (exact) mass is 291 g/mol. The molecule has 0 fully saturated rings. The summed E-state index contributed by atoms with van der Waals surface area (Å²) < 4.78 is 6.45. The van der Waals surface area contributed by atoms with Gasteiger partial charge in [-0.2, -0.15) is 5.26 Å². The number of hydrogen-bond donors (Lipinski definition) is 1. The lowest BCUT2D eigenvalue weighted by atomic mass is 10.2. The summed E-state index contributed by atoms with van der Waals surface area (Å²) in [5.41, 5.74) is 1.76. The van der Waals surface area contributed by atoms with Crippen molar-refractivity contribution in [2.24, 2.45) is 0 Å². The first-order chi connectivity index (χ1) is 9.74. The molecule has 6 nitrogen and oxygen atoms in total. The third-order valence-corrected chi connectivity index (χ3v) is 2.97. The molecule has 0 aliphatic carbocycles. The molecule has 0 atom stereocenters. The first-order valence-electron chi connectivity index (χ1n) is 6.05. The molecular weight excluding hydrogens is 278 g/mol. The van der Waals surface area contributed by atoms with Crippen LogP contribution in [0.5, 0.6) is 0 Å². The molecule has 1 aromatic carbocycles. The molecule has 2 aromatic rings. The van der Waals surface area contributed by atoms with Crippen LogP contribution in [0.3, 0.4) is 0 Å². The van der Waals surface area contributed by atoms with Gasteiger partial charge in [-0.3, -0.25) is 0 Å². The third-order valence-electron chi connectivity index (χ3n) is 2.66. The molecular formula is C13H14ClN5O. The number of methoxy groups -OCH3 is 1. The Morgan fingerprint density at radius 2 is 2.35 bits per heavy atom. The van der Waals surface area contributed by atoms with Crippen LogP contribution in [0.15, 0.2) is 24.5 Å². The number of nitrogens with zero attached hydrogens (tertiary/aromatic N) is 4. The molecule has 0 spiro atoms. The van der Waals surface area contributed by atoms with Crippen molar-refractivity contribution in [2.45, 2.75) is 6.54 Å². The first-order valence-corrected chi connectivity index (χ1v) is 6.42. The summed E-state index contributed by atoms with van der Waals surface area (Å²) >= 11 is 6.23. The molecule has 1 aromatic heterocycles.